The molecule has 1 amide bonds. The van der Waals surface area contributed by atoms with Crippen LogP contribution in [0.2, 0.25) is 0 Å². The molecule has 0 aliphatic rings. The highest BCUT2D eigenvalue weighted by Gasteiger charge is 2.22. The van der Waals surface area contributed by atoms with Crippen LogP contribution < -0.4 is 10.9 Å². The number of fused-ring (bicyclic) bond motifs is 1. The Bertz CT molecular complexity index is 1320. The monoisotopic (exact) mass is 392 g/mol. The zero-order valence-electron chi connectivity index (χ0n) is 15.7. The summed E-state index contributed by atoms with van der Waals surface area (Å²) in [6.07, 6.45) is 1.37. The largest absolute Gasteiger partial charge is 0.506 e. The van der Waals surface area contributed by atoms with Crippen molar-refractivity contribution < 1.29 is 14.3 Å². The number of anilines is 1. The second-order valence-electron chi connectivity index (χ2n) is 6.75. The molecule has 0 saturated carbocycles. The highest BCUT2D eigenvalue weighted by Crippen LogP contribution is 2.27. The van der Waals surface area contributed by atoms with Gasteiger partial charge in [-0.25, -0.2) is 9.07 Å². The Labute approximate surface area is 164 Å². The van der Waals surface area contributed by atoms with Gasteiger partial charge in [0.05, 0.1) is 17.3 Å². The molecule has 0 fully saturated rings. The van der Waals surface area contributed by atoms with E-state index in [1.54, 1.807) is 6.92 Å². The number of hydrogen-bond acceptors (Lipinski definition) is 4. The molecule has 3 N–H and O–H groups in total. The molecule has 2 heterocycles. The van der Waals surface area contributed by atoms with E-state index in [9.17, 15) is 19.1 Å². The van der Waals surface area contributed by atoms with Crippen molar-refractivity contribution in [3.63, 3.8) is 0 Å². The zero-order valence-corrected chi connectivity index (χ0v) is 15.7. The van der Waals surface area contributed by atoms with Crippen LogP contribution in [0.4, 0.5) is 10.1 Å². The molecule has 29 heavy (non-hydrogen) atoms. The number of hydrogen-bond donors (Lipinski definition) is 3. The van der Waals surface area contributed by atoms with Crippen molar-refractivity contribution in [3.8, 4) is 11.4 Å². The molecule has 0 unspecified atom stereocenters. The van der Waals surface area contributed by atoms with E-state index in [0.717, 1.165) is 11.6 Å². The molecule has 0 saturated heterocycles. The van der Waals surface area contributed by atoms with Crippen LogP contribution in [0.25, 0.3) is 16.7 Å². The van der Waals surface area contributed by atoms with Gasteiger partial charge in [0, 0.05) is 5.69 Å². The number of amides is 1. The van der Waals surface area contributed by atoms with Gasteiger partial charge in [-0.05, 0) is 49.2 Å². The molecule has 4 aromatic rings. The van der Waals surface area contributed by atoms with Crippen molar-refractivity contribution in [3.05, 3.63) is 81.5 Å². The number of benzene rings is 2. The molecule has 0 radical (unpaired) electrons. The number of carbonyl (C=O) groups excluding carboxylic acids is 1. The first-order valence-electron chi connectivity index (χ1n) is 8.82. The minimum atomic E-state index is -0.845. The van der Waals surface area contributed by atoms with Gasteiger partial charge < -0.3 is 15.4 Å². The van der Waals surface area contributed by atoms with Crippen molar-refractivity contribution in [2.75, 3.05) is 5.32 Å². The highest BCUT2D eigenvalue weighted by molar-refractivity contribution is 6.09. The standard InChI is InChI=1S/C21H17FN4O3/c1-11-4-3-5-14(8-11)26-19-15(10-23-26)18(27)17(21(29)25-19)20(28)24-16-9-13(22)7-6-12(16)2/h3-10H,1-2H3,(H,24,28)(H2,25,27,29). The zero-order chi connectivity index (χ0) is 20.7. The van der Waals surface area contributed by atoms with E-state index in [1.807, 2.05) is 31.2 Å². The van der Waals surface area contributed by atoms with E-state index in [4.69, 9.17) is 0 Å². The molecule has 7 nitrogen and oxygen atoms in total. The summed E-state index contributed by atoms with van der Waals surface area (Å²) >= 11 is 0. The molecule has 0 spiro atoms. The first kappa shape index (κ1) is 18.4. The van der Waals surface area contributed by atoms with E-state index in [-0.39, 0.29) is 16.7 Å². The van der Waals surface area contributed by atoms with Crippen LogP contribution >= 0.6 is 0 Å². The summed E-state index contributed by atoms with van der Waals surface area (Å²) in [6.45, 7) is 3.61. The van der Waals surface area contributed by atoms with Gasteiger partial charge in [-0.2, -0.15) is 5.10 Å². The minimum absolute atomic E-state index is 0.212. The van der Waals surface area contributed by atoms with Crippen molar-refractivity contribution in [2.24, 2.45) is 0 Å². The number of H-pyrrole nitrogens is 1. The predicted molar refractivity (Wildman–Crippen MR) is 107 cm³/mol. The molecule has 146 valence electrons. The van der Waals surface area contributed by atoms with E-state index >= 15 is 0 Å². The average Bonchev–Trinajstić information content (AvgIpc) is 3.09. The van der Waals surface area contributed by atoms with Gasteiger partial charge >= 0.3 is 0 Å². The molecule has 0 aliphatic carbocycles. The number of aromatic hydroxyl groups is 1. The van der Waals surface area contributed by atoms with Gasteiger partial charge in [0.1, 0.15) is 22.8 Å². The Hall–Kier alpha value is -3.94. The summed E-state index contributed by atoms with van der Waals surface area (Å²) in [7, 11) is 0. The minimum Gasteiger partial charge on any atom is -0.506 e. The summed E-state index contributed by atoms with van der Waals surface area (Å²) in [4.78, 5) is 27.8. The fraction of sp³-hybridized carbons (Fsp3) is 0.0952. The fourth-order valence-corrected chi connectivity index (χ4v) is 3.13. The van der Waals surface area contributed by atoms with Crippen LogP contribution in [0.3, 0.4) is 0 Å². The number of nitrogens with one attached hydrogen (secondary N) is 2. The Morgan fingerprint density at radius 1 is 1.21 bits per heavy atom. The van der Waals surface area contributed by atoms with Crippen molar-refractivity contribution >= 4 is 22.6 Å². The summed E-state index contributed by atoms with van der Waals surface area (Å²) in [5, 5.41) is 17.5. The van der Waals surface area contributed by atoms with Gasteiger partial charge in [-0.15, -0.1) is 0 Å². The van der Waals surface area contributed by atoms with Crippen LogP contribution in [0, 0.1) is 19.7 Å². The number of carbonyl (C=O) groups is 1. The lowest BCUT2D eigenvalue weighted by molar-refractivity contribution is 0.102. The molecule has 0 aliphatic heterocycles. The number of halogens is 1. The number of aromatic amines is 1. The Morgan fingerprint density at radius 2 is 2.00 bits per heavy atom. The van der Waals surface area contributed by atoms with Crippen LogP contribution in [-0.2, 0) is 0 Å². The van der Waals surface area contributed by atoms with Crippen LogP contribution in [0.5, 0.6) is 5.75 Å². The fourth-order valence-electron chi connectivity index (χ4n) is 3.13. The quantitative estimate of drug-likeness (QED) is 0.497. The molecule has 2 aromatic carbocycles. The molecule has 2 aromatic heterocycles. The lowest BCUT2D eigenvalue weighted by Crippen LogP contribution is -2.24. The molecule has 0 atom stereocenters. The van der Waals surface area contributed by atoms with Crippen LogP contribution in [0.1, 0.15) is 21.5 Å². The third-order valence-electron chi connectivity index (χ3n) is 4.64. The van der Waals surface area contributed by atoms with Crippen molar-refractivity contribution in [1.29, 1.82) is 0 Å². The summed E-state index contributed by atoms with van der Waals surface area (Å²) in [5.74, 6) is -1.87. The molecule has 4 rings (SSSR count). The summed E-state index contributed by atoms with van der Waals surface area (Å²) < 4.78 is 15.0. The van der Waals surface area contributed by atoms with Crippen molar-refractivity contribution in [2.45, 2.75) is 13.8 Å². The number of aromatic nitrogens is 3. The molecular formula is C21H17FN4O3. The van der Waals surface area contributed by atoms with E-state index in [0.29, 0.717) is 11.3 Å². The van der Waals surface area contributed by atoms with E-state index < -0.39 is 28.6 Å². The SMILES string of the molecule is Cc1cccc(-n2ncc3c(O)c(C(=O)Nc4cc(F)ccc4C)c(=O)[nH]c32)c1. The highest BCUT2D eigenvalue weighted by atomic mass is 19.1. The van der Waals surface area contributed by atoms with Crippen LogP contribution in [-0.4, -0.2) is 25.8 Å². The van der Waals surface area contributed by atoms with Gasteiger partial charge in [-0.1, -0.05) is 18.2 Å². The van der Waals surface area contributed by atoms with Crippen molar-refractivity contribution in [1.82, 2.24) is 14.8 Å². The number of aryl methyl sites for hydroxylation is 2. The second-order valence-corrected chi connectivity index (χ2v) is 6.75. The number of nitrogens with zero attached hydrogens (tertiary/aromatic N) is 2. The lowest BCUT2D eigenvalue weighted by Gasteiger charge is -2.10. The Balaban J connectivity index is 1.80. The Morgan fingerprint density at radius 3 is 2.76 bits per heavy atom. The maximum atomic E-state index is 13.5. The molecule has 8 heteroatoms. The molecule has 0 bridgehead atoms. The van der Waals surface area contributed by atoms with Crippen LogP contribution in [0.15, 0.2) is 53.5 Å². The molecular weight excluding hydrogens is 375 g/mol. The maximum absolute atomic E-state index is 13.5. The van der Waals surface area contributed by atoms with Gasteiger partial charge in [0.2, 0.25) is 0 Å². The van der Waals surface area contributed by atoms with E-state index in [2.05, 4.69) is 15.4 Å². The smallest absolute Gasteiger partial charge is 0.266 e. The van der Waals surface area contributed by atoms with Gasteiger partial charge in [0.15, 0.2) is 0 Å². The first-order valence-corrected chi connectivity index (χ1v) is 8.82. The third kappa shape index (κ3) is 3.25. The summed E-state index contributed by atoms with van der Waals surface area (Å²) in [5.41, 5.74) is 1.53. The second kappa shape index (κ2) is 6.90. The van der Waals surface area contributed by atoms with Gasteiger partial charge in [-0.3, -0.25) is 9.59 Å². The summed E-state index contributed by atoms with van der Waals surface area (Å²) in [6, 6.07) is 11.4. The normalized spacial score (nSPS) is 11.0. The van der Waals surface area contributed by atoms with E-state index in [1.165, 1.54) is 23.0 Å². The van der Waals surface area contributed by atoms with Gasteiger partial charge in [0.25, 0.3) is 11.5 Å². The average molecular weight is 392 g/mol. The Kier molecular flexibility index (Phi) is 4.38. The topological polar surface area (TPSA) is 100 Å². The third-order valence-corrected chi connectivity index (χ3v) is 4.64. The number of rotatable bonds is 3. The predicted octanol–water partition coefficient (Wildman–Crippen LogP) is 3.43. The lowest BCUT2D eigenvalue weighted by atomic mass is 10.1. The first-order chi connectivity index (χ1) is 13.8. The maximum Gasteiger partial charge on any atom is 0.266 e. The number of pyridine rings is 1.